The zero-order valence-corrected chi connectivity index (χ0v) is 11.0. The summed E-state index contributed by atoms with van der Waals surface area (Å²) < 4.78 is 5.46. The molecule has 94 valence electrons. The van der Waals surface area contributed by atoms with E-state index < -0.39 is 6.10 Å². The molecular weight excluding hydrogens is 271 g/mol. The normalized spacial score (nSPS) is 12.2. The van der Waals surface area contributed by atoms with E-state index in [1.165, 1.54) is 0 Å². The van der Waals surface area contributed by atoms with E-state index in [1.54, 1.807) is 18.2 Å². The number of hydrogen-bond acceptors (Lipinski definition) is 2. The SMILES string of the molecule is OC(COc1ccc(Cl)c(Cl)c1)c1ccccc1. The molecule has 1 N–H and O–H groups in total. The van der Waals surface area contributed by atoms with Gasteiger partial charge in [-0.2, -0.15) is 0 Å². The lowest BCUT2D eigenvalue weighted by Gasteiger charge is -2.13. The fourth-order valence-corrected chi connectivity index (χ4v) is 1.80. The highest BCUT2D eigenvalue weighted by Gasteiger charge is 2.08. The molecule has 0 aliphatic carbocycles. The summed E-state index contributed by atoms with van der Waals surface area (Å²) in [6.45, 7) is 0.169. The number of aliphatic hydroxyl groups is 1. The van der Waals surface area contributed by atoms with Crippen molar-refractivity contribution < 1.29 is 9.84 Å². The van der Waals surface area contributed by atoms with Crippen molar-refractivity contribution in [3.63, 3.8) is 0 Å². The lowest BCUT2D eigenvalue weighted by atomic mass is 10.1. The fourth-order valence-electron chi connectivity index (χ4n) is 1.51. The van der Waals surface area contributed by atoms with Crippen LogP contribution in [0.4, 0.5) is 0 Å². The Morgan fingerprint density at radius 3 is 2.39 bits per heavy atom. The van der Waals surface area contributed by atoms with Crippen LogP contribution < -0.4 is 4.74 Å². The summed E-state index contributed by atoms with van der Waals surface area (Å²) >= 11 is 11.7. The van der Waals surface area contributed by atoms with Crippen LogP contribution in [0.25, 0.3) is 0 Å². The predicted octanol–water partition coefficient (Wildman–Crippen LogP) is 4.11. The number of benzene rings is 2. The highest BCUT2D eigenvalue weighted by Crippen LogP contribution is 2.26. The van der Waals surface area contributed by atoms with Crippen LogP contribution in [0.2, 0.25) is 10.0 Å². The van der Waals surface area contributed by atoms with Gasteiger partial charge in [-0.1, -0.05) is 53.5 Å². The minimum absolute atomic E-state index is 0.169. The maximum atomic E-state index is 9.92. The van der Waals surface area contributed by atoms with E-state index in [0.717, 1.165) is 5.56 Å². The Bertz CT molecular complexity index is 514. The Morgan fingerprint density at radius 2 is 1.72 bits per heavy atom. The summed E-state index contributed by atoms with van der Waals surface area (Å²) in [5.74, 6) is 0.583. The Labute approximate surface area is 116 Å². The van der Waals surface area contributed by atoms with Crippen molar-refractivity contribution in [2.75, 3.05) is 6.61 Å². The molecule has 2 aromatic carbocycles. The number of aliphatic hydroxyl groups excluding tert-OH is 1. The fraction of sp³-hybridized carbons (Fsp3) is 0.143. The smallest absolute Gasteiger partial charge is 0.121 e. The Balaban J connectivity index is 1.97. The summed E-state index contributed by atoms with van der Waals surface area (Å²) in [6, 6.07) is 14.3. The molecule has 0 saturated carbocycles. The van der Waals surface area contributed by atoms with Gasteiger partial charge < -0.3 is 9.84 Å². The molecule has 0 spiro atoms. The molecule has 18 heavy (non-hydrogen) atoms. The van der Waals surface area contributed by atoms with Crippen molar-refractivity contribution in [1.29, 1.82) is 0 Å². The first-order chi connectivity index (χ1) is 8.66. The van der Waals surface area contributed by atoms with Crippen LogP contribution in [0, 0.1) is 0 Å². The molecule has 0 amide bonds. The first kappa shape index (κ1) is 13.2. The molecule has 0 aliphatic rings. The number of halogens is 2. The minimum Gasteiger partial charge on any atom is -0.490 e. The third-order valence-electron chi connectivity index (χ3n) is 2.48. The highest BCUT2D eigenvalue weighted by atomic mass is 35.5. The van der Waals surface area contributed by atoms with Crippen LogP contribution in [0.3, 0.4) is 0 Å². The van der Waals surface area contributed by atoms with Crippen molar-refractivity contribution in [3.05, 3.63) is 64.1 Å². The van der Waals surface area contributed by atoms with Crippen molar-refractivity contribution in [2.24, 2.45) is 0 Å². The second-order valence-electron chi connectivity index (χ2n) is 3.81. The van der Waals surface area contributed by atoms with Crippen LogP contribution in [0.15, 0.2) is 48.5 Å². The van der Waals surface area contributed by atoms with E-state index in [4.69, 9.17) is 27.9 Å². The van der Waals surface area contributed by atoms with Gasteiger partial charge in [0.1, 0.15) is 18.5 Å². The molecule has 4 heteroatoms. The molecule has 0 aromatic heterocycles. The summed E-state index contributed by atoms with van der Waals surface area (Å²) in [6.07, 6.45) is -0.666. The molecule has 0 aliphatic heterocycles. The van der Waals surface area contributed by atoms with Crippen molar-refractivity contribution in [1.82, 2.24) is 0 Å². The van der Waals surface area contributed by atoms with Gasteiger partial charge in [0.2, 0.25) is 0 Å². The standard InChI is InChI=1S/C14H12Cl2O2/c15-12-7-6-11(8-13(12)16)18-9-14(17)10-4-2-1-3-5-10/h1-8,14,17H,9H2. The quantitative estimate of drug-likeness (QED) is 0.915. The lowest BCUT2D eigenvalue weighted by molar-refractivity contribution is 0.108. The van der Waals surface area contributed by atoms with E-state index in [-0.39, 0.29) is 6.61 Å². The molecular formula is C14H12Cl2O2. The summed E-state index contributed by atoms with van der Waals surface area (Å²) in [4.78, 5) is 0. The third-order valence-corrected chi connectivity index (χ3v) is 3.22. The molecule has 1 atom stereocenters. The lowest BCUT2D eigenvalue weighted by Crippen LogP contribution is -2.09. The molecule has 0 fully saturated rings. The summed E-state index contributed by atoms with van der Waals surface area (Å²) in [7, 11) is 0. The predicted molar refractivity (Wildman–Crippen MR) is 73.4 cm³/mol. The molecule has 2 rings (SSSR count). The van der Waals surface area contributed by atoms with Gasteiger partial charge in [-0.05, 0) is 17.7 Å². The van der Waals surface area contributed by atoms with Gasteiger partial charge in [0.05, 0.1) is 10.0 Å². The van der Waals surface area contributed by atoms with Gasteiger partial charge >= 0.3 is 0 Å². The largest absolute Gasteiger partial charge is 0.490 e. The Morgan fingerprint density at radius 1 is 1.00 bits per heavy atom. The van der Waals surface area contributed by atoms with E-state index in [2.05, 4.69) is 0 Å². The van der Waals surface area contributed by atoms with Crippen molar-refractivity contribution >= 4 is 23.2 Å². The van der Waals surface area contributed by atoms with Crippen molar-refractivity contribution in [2.45, 2.75) is 6.10 Å². The first-order valence-electron chi connectivity index (χ1n) is 5.47. The number of rotatable bonds is 4. The van der Waals surface area contributed by atoms with Crippen LogP contribution in [0.5, 0.6) is 5.75 Å². The highest BCUT2D eigenvalue weighted by molar-refractivity contribution is 6.42. The van der Waals surface area contributed by atoms with Crippen LogP contribution in [0.1, 0.15) is 11.7 Å². The molecule has 0 saturated heterocycles. The van der Waals surface area contributed by atoms with E-state index >= 15 is 0 Å². The average molecular weight is 283 g/mol. The summed E-state index contributed by atoms with van der Waals surface area (Å²) in [5, 5.41) is 10.8. The monoisotopic (exact) mass is 282 g/mol. The van der Waals surface area contributed by atoms with Crippen LogP contribution in [-0.2, 0) is 0 Å². The van der Waals surface area contributed by atoms with Gasteiger partial charge in [0.25, 0.3) is 0 Å². The molecule has 0 bridgehead atoms. The zero-order chi connectivity index (χ0) is 13.0. The van der Waals surface area contributed by atoms with Gasteiger partial charge in [0.15, 0.2) is 0 Å². The second-order valence-corrected chi connectivity index (χ2v) is 4.63. The topological polar surface area (TPSA) is 29.5 Å². The maximum absolute atomic E-state index is 9.92. The molecule has 2 nitrogen and oxygen atoms in total. The zero-order valence-electron chi connectivity index (χ0n) is 9.51. The molecule has 0 radical (unpaired) electrons. The first-order valence-corrected chi connectivity index (χ1v) is 6.23. The Kier molecular flexibility index (Phi) is 4.48. The van der Waals surface area contributed by atoms with Gasteiger partial charge in [-0.3, -0.25) is 0 Å². The van der Waals surface area contributed by atoms with E-state index in [9.17, 15) is 5.11 Å². The van der Waals surface area contributed by atoms with Gasteiger partial charge in [-0.15, -0.1) is 0 Å². The van der Waals surface area contributed by atoms with Gasteiger partial charge in [0, 0.05) is 6.07 Å². The average Bonchev–Trinajstić information content (AvgIpc) is 2.41. The molecule has 2 aromatic rings. The van der Waals surface area contributed by atoms with Crippen LogP contribution in [-0.4, -0.2) is 11.7 Å². The minimum atomic E-state index is -0.666. The van der Waals surface area contributed by atoms with Crippen molar-refractivity contribution in [3.8, 4) is 5.75 Å². The Hall–Kier alpha value is -1.22. The van der Waals surface area contributed by atoms with Gasteiger partial charge in [-0.25, -0.2) is 0 Å². The van der Waals surface area contributed by atoms with E-state index in [0.29, 0.717) is 15.8 Å². The maximum Gasteiger partial charge on any atom is 0.121 e. The van der Waals surface area contributed by atoms with E-state index in [1.807, 2.05) is 30.3 Å². The van der Waals surface area contributed by atoms with Crippen LogP contribution >= 0.6 is 23.2 Å². The summed E-state index contributed by atoms with van der Waals surface area (Å²) in [5.41, 5.74) is 0.817. The third kappa shape index (κ3) is 3.39. The second kappa shape index (κ2) is 6.10. The number of ether oxygens (including phenoxy) is 1. The molecule has 1 unspecified atom stereocenters. The number of hydrogen-bond donors (Lipinski definition) is 1. The molecule has 0 heterocycles.